The minimum atomic E-state index is 0.320. The number of rotatable bonds is 4. The van der Waals surface area contributed by atoms with Crippen molar-refractivity contribution >= 4 is 6.29 Å². The van der Waals surface area contributed by atoms with Crippen molar-refractivity contribution in [1.29, 1.82) is 0 Å². The highest BCUT2D eigenvalue weighted by Gasteiger charge is 2.25. The highest BCUT2D eigenvalue weighted by Crippen LogP contribution is 2.31. The van der Waals surface area contributed by atoms with Crippen LogP contribution in [0, 0.1) is 11.8 Å². The van der Waals surface area contributed by atoms with Gasteiger partial charge in [0.2, 0.25) is 0 Å². The molecule has 0 N–H and O–H groups in total. The SMILES string of the molecule is O=CC1CCC(OCC2CC2)CC1. The summed E-state index contributed by atoms with van der Waals surface area (Å²) in [6.07, 6.45) is 8.56. The lowest BCUT2D eigenvalue weighted by atomic mass is 9.88. The minimum absolute atomic E-state index is 0.320. The molecule has 0 atom stereocenters. The molecule has 0 aromatic rings. The summed E-state index contributed by atoms with van der Waals surface area (Å²) in [4.78, 5) is 10.5. The second-order valence-corrected chi connectivity index (χ2v) is 4.45. The Morgan fingerprint density at radius 3 is 2.31 bits per heavy atom. The van der Waals surface area contributed by atoms with Crippen LogP contribution in [-0.2, 0) is 9.53 Å². The van der Waals surface area contributed by atoms with Crippen LogP contribution in [0.1, 0.15) is 38.5 Å². The first-order valence-corrected chi connectivity index (χ1v) is 5.45. The van der Waals surface area contributed by atoms with E-state index in [1.165, 1.54) is 12.8 Å². The smallest absolute Gasteiger partial charge is 0.123 e. The third-order valence-corrected chi connectivity index (χ3v) is 3.18. The second kappa shape index (κ2) is 4.23. The first kappa shape index (κ1) is 9.20. The number of hydrogen-bond donors (Lipinski definition) is 0. The number of ether oxygens (including phenoxy) is 1. The number of hydrogen-bond acceptors (Lipinski definition) is 2. The largest absolute Gasteiger partial charge is 0.378 e. The maximum absolute atomic E-state index is 10.5. The van der Waals surface area contributed by atoms with E-state index in [4.69, 9.17) is 4.74 Å². The molecule has 74 valence electrons. The third-order valence-electron chi connectivity index (χ3n) is 3.18. The summed E-state index contributed by atoms with van der Waals surface area (Å²) in [5.41, 5.74) is 0. The van der Waals surface area contributed by atoms with Crippen LogP contribution in [0.2, 0.25) is 0 Å². The molecular formula is C11H18O2. The van der Waals surface area contributed by atoms with Gasteiger partial charge < -0.3 is 9.53 Å². The molecule has 2 heteroatoms. The normalized spacial score (nSPS) is 34.5. The van der Waals surface area contributed by atoms with E-state index < -0.39 is 0 Å². The molecule has 13 heavy (non-hydrogen) atoms. The molecule has 2 fully saturated rings. The van der Waals surface area contributed by atoms with Crippen molar-refractivity contribution in [3.63, 3.8) is 0 Å². The second-order valence-electron chi connectivity index (χ2n) is 4.45. The molecule has 2 aliphatic carbocycles. The molecule has 2 aliphatic rings. The molecule has 0 aromatic carbocycles. The summed E-state index contributed by atoms with van der Waals surface area (Å²) < 4.78 is 5.78. The lowest BCUT2D eigenvalue weighted by Gasteiger charge is -2.25. The quantitative estimate of drug-likeness (QED) is 0.623. The van der Waals surface area contributed by atoms with Crippen molar-refractivity contribution in [2.45, 2.75) is 44.6 Å². The fraction of sp³-hybridized carbons (Fsp3) is 0.909. The van der Waals surface area contributed by atoms with Crippen molar-refractivity contribution in [2.75, 3.05) is 6.61 Å². The predicted octanol–water partition coefficient (Wildman–Crippen LogP) is 2.17. The Kier molecular flexibility index (Phi) is 2.99. The number of carbonyl (C=O) groups excluding carboxylic acids is 1. The zero-order valence-corrected chi connectivity index (χ0v) is 8.08. The van der Waals surface area contributed by atoms with Gasteiger partial charge in [0, 0.05) is 12.5 Å². The summed E-state index contributed by atoms with van der Waals surface area (Å²) in [5, 5.41) is 0. The van der Waals surface area contributed by atoms with E-state index >= 15 is 0 Å². The van der Waals surface area contributed by atoms with Crippen LogP contribution in [0.4, 0.5) is 0 Å². The molecule has 0 radical (unpaired) electrons. The maximum atomic E-state index is 10.5. The Balaban J connectivity index is 1.62. The molecule has 2 rings (SSSR count). The van der Waals surface area contributed by atoms with E-state index in [2.05, 4.69) is 0 Å². The van der Waals surface area contributed by atoms with Gasteiger partial charge in [0.15, 0.2) is 0 Å². The van der Waals surface area contributed by atoms with Gasteiger partial charge in [-0.2, -0.15) is 0 Å². The molecule has 0 aliphatic heterocycles. The third kappa shape index (κ3) is 2.80. The monoisotopic (exact) mass is 182 g/mol. The molecular weight excluding hydrogens is 164 g/mol. The van der Waals surface area contributed by atoms with Crippen LogP contribution in [0.25, 0.3) is 0 Å². The highest BCUT2D eigenvalue weighted by atomic mass is 16.5. The highest BCUT2D eigenvalue weighted by molar-refractivity contribution is 5.53. The van der Waals surface area contributed by atoms with Crippen molar-refractivity contribution < 1.29 is 9.53 Å². The predicted molar refractivity (Wildman–Crippen MR) is 50.5 cm³/mol. The van der Waals surface area contributed by atoms with Crippen LogP contribution < -0.4 is 0 Å². The van der Waals surface area contributed by atoms with Gasteiger partial charge in [-0.05, 0) is 44.4 Å². The fourth-order valence-corrected chi connectivity index (χ4v) is 1.95. The van der Waals surface area contributed by atoms with E-state index in [9.17, 15) is 4.79 Å². The average Bonchev–Trinajstić information content (AvgIpc) is 2.99. The van der Waals surface area contributed by atoms with Crippen molar-refractivity contribution in [3.05, 3.63) is 0 Å². The van der Waals surface area contributed by atoms with Crippen molar-refractivity contribution in [2.24, 2.45) is 11.8 Å². The first-order chi connectivity index (χ1) is 6.38. The van der Waals surface area contributed by atoms with E-state index in [1.54, 1.807) is 0 Å². The first-order valence-electron chi connectivity index (χ1n) is 5.45. The molecule has 2 saturated carbocycles. The van der Waals surface area contributed by atoms with Crippen LogP contribution in [0.15, 0.2) is 0 Å². The van der Waals surface area contributed by atoms with E-state index in [1.807, 2.05) is 0 Å². The summed E-state index contributed by atoms with van der Waals surface area (Å²) in [6.45, 7) is 0.969. The lowest BCUT2D eigenvalue weighted by Crippen LogP contribution is -2.23. The Morgan fingerprint density at radius 2 is 1.77 bits per heavy atom. The average molecular weight is 182 g/mol. The molecule has 0 heterocycles. The zero-order valence-electron chi connectivity index (χ0n) is 8.08. The van der Waals surface area contributed by atoms with Crippen LogP contribution in [0.5, 0.6) is 0 Å². The van der Waals surface area contributed by atoms with E-state index in [0.717, 1.165) is 44.5 Å². The Bertz CT molecular complexity index is 167. The summed E-state index contributed by atoms with van der Waals surface area (Å²) >= 11 is 0. The number of carbonyl (C=O) groups is 1. The lowest BCUT2D eigenvalue weighted by molar-refractivity contribution is -0.112. The van der Waals surface area contributed by atoms with Gasteiger partial charge in [0.05, 0.1) is 6.10 Å². The Morgan fingerprint density at radius 1 is 1.08 bits per heavy atom. The van der Waals surface area contributed by atoms with Crippen molar-refractivity contribution in [3.8, 4) is 0 Å². The fourth-order valence-electron chi connectivity index (χ4n) is 1.95. The topological polar surface area (TPSA) is 26.3 Å². The van der Waals surface area contributed by atoms with Gasteiger partial charge in [-0.1, -0.05) is 0 Å². The van der Waals surface area contributed by atoms with Gasteiger partial charge in [-0.25, -0.2) is 0 Å². The zero-order chi connectivity index (χ0) is 9.10. The Hall–Kier alpha value is -0.370. The molecule has 0 aromatic heterocycles. The van der Waals surface area contributed by atoms with Crippen LogP contribution in [0.3, 0.4) is 0 Å². The van der Waals surface area contributed by atoms with E-state index in [-0.39, 0.29) is 0 Å². The maximum Gasteiger partial charge on any atom is 0.123 e. The summed E-state index contributed by atoms with van der Waals surface area (Å²) in [5.74, 6) is 1.18. The molecule has 0 spiro atoms. The van der Waals surface area contributed by atoms with Gasteiger partial charge in [0.25, 0.3) is 0 Å². The van der Waals surface area contributed by atoms with Gasteiger partial charge in [-0.3, -0.25) is 0 Å². The van der Waals surface area contributed by atoms with Crippen molar-refractivity contribution in [1.82, 2.24) is 0 Å². The van der Waals surface area contributed by atoms with E-state index in [0.29, 0.717) is 12.0 Å². The summed E-state index contributed by atoms with van der Waals surface area (Å²) in [6, 6.07) is 0. The molecule has 0 amide bonds. The van der Waals surface area contributed by atoms with Gasteiger partial charge in [0.1, 0.15) is 6.29 Å². The minimum Gasteiger partial charge on any atom is -0.378 e. The van der Waals surface area contributed by atoms with Crippen LogP contribution in [-0.4, -0.2) is 19.0 Å². The number of aldehydes is 1. The molecule has 2 nitrogen and oxygen atoms in total. The van der Waals surface area contributed by atoms with Crippen LogP contribution >= 0.6 is 0 Å². The summed E-state index contributed by atoms with van der Waals surface area (Å²) in [7, 11) is 0. The standard InChI is InChI=1S/C11H18O2/c12-7-9-3-5-11(6-4-9)13-8-10-1-2-10/h7,9-11H,1-6,8H2. The molecule has 0 saturated heterocycles. The molecule has 0 bridgehead atoms. The molecule has 0 unspecified atom stereocenters. The Labute approximate surface area is 79.7 Å². The van der Waals surface area contributed by atoms with Gasteiger partial charge >= 0.3 is 0 Å². The van der Waals surface area contributed by atoms with Gasteiger partial charge in [-0.15, -0.1) is 0 Å².